The molecule has 2 aromatic heterocycles. The van der Waals surface area contributed by atoms with Gasteiger partial charge < -0.3 is 19.6 Å². The number of aromatic amines is 1. The van der Waals surface area contributed by atoms with Gasteiger partial charge in [-0.05, 0) is 48.1 Å². The van der Waals surface area contributed by atoms with Crippen LogP contribution in [0.1, 0.15) is 36.8 Å². The van der Waals surface area contributed by atoms with Crippen LogP contribution in [0.2, 0.25) is 0 Å². The maximum Gasteiger partial charge on any atom is 0.198 e. The van der Waals surface area contributed by atoms with Crippen molar-refractivity contribution in [2.45, 2.75) is 32.1 Å². The number of H-pyrrole nitrogens is 1. The van der Waals surface area contributed by atoms with Crippen LogP contribution in [-0.2, 0) is 11.2 Å². The molecule has 31 heavy (non-hydrogen) atoms. The smallest absolute Gasteiger partial charge is 0.198 e. The average Bonchev–Trinajstić information content (AvgIpc) is 3.51. The number of nitrogens with zero attached hydrogens (tertiary/aromatic N) is 2. The van der Waals surface area contributed by atoms with E-state index in [9.17, 15) is 13.9 Å². The van der Waals surface area contributed by atoms with Gasteiger partial charge in [0.05, 0.1) is 25.1 Å². The maximum atomic E-state index is 14.8. The van der Waals surface area contributed by atoms with Gasteiger partial charge in [-0.1, -0.05) is 6.92 Å². The fraction of sp³-hybridized carbons (Fsp3) is 0.391. The summed E-state index contributed by atoms with van der Waals surface area (Å²) >= 11 is 0. The largest absolute Gasteiger partial charge is 0.480 e. The highest BCUT2D eigenvalue weighted by Gasteiger charge is 2.30. The van der Waals surface area contributed by atoms with Crippen LogP contribution in [0.15, 0.2) is 35.6 Å². The Morgan fingerprint density at radius 3 is 2.71 bits per heavy atom. The van der Waals surface area contributed by atoms with Crippen molar-refractivity contribution in [3.63, 3.8) is 0 Å². The number of aliphatic hydroxyl groups is 1. The van der Waals surface area contributed by atoms with E-state index in [0.717, 1.165) is 23.8 Å². The Morgan fingerprint density at radius 1 is 1.29 bits per heavy atom. The number of aliphatic hydroxyl groups excluding tert-OH is 1. The molecule has 1 atom stereocenters. The second-order valence-corrected chi connectivity index (χ2v) is 8.69. The Kier molecular flexibility index (Phi) is 4.89. The minimum absolute atomic E-state index is 0.0368. The molecule has 6 nitrogen and oxygen atoms in total. The predicted octanol–water partition coefficient (Wildman–Crippen LogP) is 4.48. The summed E-state index contributed by atoms with van der Waals surface area (Å²) in [5.41, 5.74) is 1.68. The number of hydrogen-bond acceptors (Lipinski definition) is 5. The molecule has 0 amide bonds. The van der Waals surface area contributed by atoms with Gasteiger partial charge in [0, 0.05) is 24.2 Å². The normalized spacial score (nSPS) is 21.1. The number of nitrogens with one attached hydrogen (secondary N) is 1. The van der Waals surface area contributed by atoms with Crippen molar-refractivity contribution in [2.24, 2.45) is 10.4 Å². The summed E-state index contributed by atoms with van der Waals surface area (Å²) in [6, 6.07) is 4.10. The van der Waals surface area contributed by atoms with Crippen molar-refractivity contribution in [1.82, 2.24) is 9.97 Å². The molecule has 0 spiro atoms. The van der Waals surface area contributed by atoms with Crippen molar-refractivity contribution >= 4 is 16.9 Å². The van der Waals surface area contributed by atoms with Crippen LogP contribution in [0, 0.1) is 17.0 Å². The van der Waals surface area contributed by atoms with Crippen molar-refractivity contribution in [3.8, 4) is 11.5 Å². The summed E-state index contributed by atoms with van der Waals surface area (Å²) in [6.45, 7) is 2.55. The number of pyridine rings is 1. The van der Waals surface area contributed by atoms with Gasteiger partial charge in [0.15, 0.2) is 23.3 Å². The monoisotopic (exact) mass is 427 g/mol. The number of fused-ring (bicyclic) bond motifs is 1. The van der Waals surface area contributed by atoms with E-state index in [1.165, 1.54) is 12.1 Å². The summed E-state index contributed by atoms with van der Waals surface area (Å²) in [5, 5.41) is 10.2. The Bertz CT molecular complexity index is 1150. The highest BCUT2D eigenvalue weighted by atomic mass is 19.1. The minimum atomic E-state index is -0.792. The van der Waals surface area contributed by atoms with Gasteiger partial charge in [0.2, 0.25) is 0 Å². The lowest BCUT2D eigenvalue weighted by Crippen LogP contribution is -2.36. The number of ether oxygens (including phenoxy) is 2. The van der Waals surface area contributed by atoms with E-state index in [1.807, 2.05) is 13.1 Å². The molecule has 5 rings (SSSR count). The molecule has 162 valence electrons. The van der Waals surface area contributed by atoms with Crippen LogP contribution < -0.4 is 4.74 Å². The summed E-state index contributed by atoms with van der Waals surface area (Å²) < 4.78 is 40.9. The first kappa shape index (κ1) is 19.9. The van der Waals surface area contributed by atoms with Crippen molar-refractivity contribution in [1.29, 1.82) is 0 Å². The number of aliphatic imine (C=N–C) groups is 1. The lowest BCUT2D eigenvalue weighted by Gasteiger charge is -2.30. The predicted molar refractivity (Wildman–Crippen MR) is 112 cm³/mol. The van der Waals surface area contributed by atoms with Crippen molar-refractivity contribution < 1.29 is 23.4 Å². The molecule has 3 heterocycles. The fourth-order valence-electron chi connectivity index (χ4n) is 3.78. The second-order valence-electron chi connectivity index (χ2n) is 8.69. The lowest BCUT2D eigenvalue weighted by atomic mass is 9.92. The summed E-state index contributed by atoms with van der Waals surface area (Å²) in [6.07, 6.45) is 5.78. The van der Waals surface area contributed by atoms with Gasteiger partial charge in [0.25, 0.3) is 0 Å². The highest BCUT2D eigenvalue weighted by Crippen LogP contribution is 2.46. The highest BCUT2D eigenvalue weighted by molar-refractivity contribution is 5.87. The second kappa shape index (κ2) is 7.60. The molecule has 1 aromatic carbocycles. The molecule has 1 fully saturated rings. The van der Waals surface area contributed by atoms with Crippen LogP contribution in [-0.4, -0.2) is 40.7 Å². The van der Waals surface area contributed by atoms with Gasteiger partial charge >= 0.3 is 0 Å². The van der Waals surface area contributed by atoms with E-state index in [-0.39, 0.29) is 13.0 Å². The van der Waals surface area contributed by atoms with Crippen molar-refractivity contribution in [2.75, 3.05) is 19.8 Å². The zero-order valence-electron chi connectivity index (χ0n) is 17.1. The quantitative estimate of drug-likeness (QED) is 0.608. The first-order valence-corrected chi connectivity index (χ1v) is 10.3. The SMILES string of the molecule is CC1(CO)CN=C(Cc2cc(F)c(Oc3ccnc4[nH]cc(C5CC5)c34)c(F)c2)OC1. The van der Waals surface area contributed by atoms with Gasteiger partial charge in [-0.25, -0.2) is 13.8 Å². The van der Waals surface area contributed by atoms with E-state index in [1.54, 1.807) is 12.3 Å². The first-order valence-electron chi connectivity index (χ1n) is 10.3. The molecule has 1 saturated carbocycles. The maximum absolute atomic E-state index is 14.8. The summed E-state index contributed by atoms with van der Waals surface area (Å²) in [5.74, 6) is -0.822. The number of rotatable bonds is 6. The topological polar surface area (TPSA) is 79.7 Å². The van der Waals surface area contributed by atoms with E-state index in [0.29, 0.717) is 41.9 Å². The van der Waals surface area contributed by atoms with Crippen LogP contribution in [0.4, 0.5) is 8.78 Å². The van der Waals surface area contributed by atoms with Crippen LogP contribution in [0.3, 0.4) is 0 Å². The van der Waals surface area contributed by atoms with Crippen molar-refractivity contribution in [3.05, 3.63) is 53.4 Å². The number of benzene rings is 1. The fourth-order valence-corrected chi connectivity index (χ4v) is 3.78. The third-order valence-electron chi connectivity index (χ3n) is 5.81. The Hall–Kier alpha value is -3.00. The van der Waals surface area contributed by atoms with E-state index >= 15 is 0 Å². The summed E-state index contributed by atoms with van der Waals surface area (Å²) in [7, 11) is 0. The molecule has 1 aliphatic heterocycles. The number of hydrogen-bond donors (Lipinski definition) is 2. The van der Waals surface area contributed by atoms with Gasteiger partial charge in [-0.3, -0.25) is 4.99 Å². The minimum Gasteiger partial charge on any atom is -0.480 e. The molecule has 0 saturated heterocycles. The standard InChI is InChI=1S/C23H23F2N3O3/c1-23(11-29)10-28-19(30-12-23)8-13-6-16(24)21(17(25)7-13)31-18-4-5-26-22-20(18)15(9-27-22)14-2-3-14/h4-7,9,14,29H,2-3,8,10-12H2,1H3,(H,26,27). The number of aromatic nitrogens is 2. The molecule has 0 radical (unpaired) electrons. The van der Waals surface area contributed by atoms with E-state index in [4.69, 9.17) is 9.47 Å². The van der Waals surface area contributed by atoms with Gasteiger partial charge in [-0.2, -0.15) is 0 Å². The van der Waals surface area contributed by atoms with Crippen LogP contribution in [0.5, 0.6) is 11.5 Å². The molecule has 0 bridgehead atoms. The first-order chi connectivity index (χ1) is 15.0. The zero-order valence-corrected chi connectivity index (χ0v) is 17.1. The Balaban J connectivity index is 1.40. The average molecular weight is 427 g/mol. The van der Waals surface area contributed by atoms with Gasteiger partial charge in [0.1, 0.15) is 11.4 Å². The Morgan fingerprint density at radius 2 is 2.06 bits per heavy atom. The molecule has 2 aliphatic rings. The Labute approximate surface area is 177 Å². The molecular weight excluding hydrogens is 404 g/mol. The summed E-state index contributed by atoms with van der Waals surface area (Å²) in [4.78, 5) is 11.7. The van der Waals surface area contributed by atoms with Crippen LogP contribution in [0.25, 0.3) is 11.0 Å². The molecule has 3 aromatic rings. The third-order valence-corrected chi connectivity index (χ3v) is 5.81. The third kappa shape index (κ3) is 3.87. The lowest BCUT2D eigenvalue weighted by molar-refractivity contribution is 0.0691. The molecule has 1 aliphatic carbocycles. The van der Waals surface area contributed by atoms with Crippen LogP contribution >= 0.6 is 0 Å². The molecule has 1 unspecified atom stereocenters. The molecular formula is C23H23F2N3O3. The van der Waals surface area contributed by atoms with Gasteiger partial charge in [-0.15, -0.1) is 0 Å². The molecule has 8 heteroatoms. The van der Waals surface area contributed by atoms with E-state index < -0.39 is 22.8 Å². The van der Waals surface area contributed by atoms with E-state index in [2.05, 4.69) is 15.0 Å². The molecule has 2 N–H and O–H groups in total. The zero-order chi connectivity index (χ0) is 21.6. The number of halogens is 2.